The number of rotatable bonds is 2. The molecule has 6 heteroatoms. The van der Waals surface area contributed by atoms with E-state index in [0.717, 1.165) is 36.9 Å². The topological polar surface area (TPSA) is 73.6 Å². The maximum absolute atomic E-state index is 12.4. The van der Waals surface area contributed by atoms with E-state index < -0.39 is 6.10 Å². The molecule has 2 heterocycles. The molecule has 1 amide bonds. The van der Waals surface area contributed by atoms with Crippen LogP contribution in [0.3, 0.4) is 0 Å². The Kier molecular flexibility index (Phi) is 3.21. The summed E-state index contributed by atoms with van der Waals surface area (Å²) in [6.07, 6.45) is 3.31. The molecule has 22 heavy (non-hydrogen) atoms. The molecule has 1 N–H and O–H groups in total. The smallest absolute Gasteiger partial charge is 0.271 e. The molecule has 0 spiro atoms. The summed E-state index contributed by atoms with van der Waals surface area (Å²) < 4.78 is 16.5. The number of hydrogen-bond acceptors (Lipinski definition) is 5. The summed E-state index contributed by atoms with van der Waals surface area (Å²) in [6, 6.07) is 7.31. The molecular formula is C16H16N2O4. The van der Waals surface area contributed by atoms with Crippen molar-refractivity contribution in [2.45, 2.75) is 31.8 Å². The van der Waals surface area contributed by atoms with Crippen LogP contribution in [0.25, 0.3) is 0 Å². The summed E-state index contributed by atoms with van der Waals surface area (Å²) in [7, 11) is 0. The molecule has 6 nitrogen and oxygen atoms in total. The Bertz CT molecular complexity index is 710. The maximum Gasteiger partial charge on any atom is 0.271 e. The highest BCUT2D eigenvalue weighted by molar-refractivity contribution is 5.94. The first-order valence-electron chi connectivity index (χ1n) is 7.48. The van der Waals surface area contributed by atoms with Gasteiger partial charge in [-0.15, -0.1) is 0 Å². The molecule has 1 aliphatic heterocycles. The third-order valence-electron chi connectivity index (χ3n) is 4.00. The van der Waals surface area contributed by atoms with Crippen molar-refractivity contribution >= 4 is 11.8 Å². The number of aromatic nitrogens is 1. The van der Waals surface area contributed by atoms with Crippen molar-refractivity contribution in [3.05, 3.63) is 35.5 Å². The monoisotopic (exact) mass is 300 g/mol. The summed E-state index contributed by atoms with van der Waals surface area (Å²) in [5.74, 6) is 1.40. The van der Waals surface area contributed by atoms with Crippen LogP contribution in [0.2, 0.25) is 0 Å². The van der Waals surface area contributed by atoms with Gasteiger partial charge in [0.1, 0.15) is 6.61 Å². The van der Waals surface area contributed by atoms with Gasteiger partial charge in [0.2, 0.25) is 12.0 Å². The average Bonchev–Trinajstić information content (AvgIpc) is 2.97. The number of carbonyl (C=O) groups excluding carboxylic acids is 1. The van der Waals surface area contributed by atoms with Crippen molar-refractivity contribution in [1.29, 1.82) is 0 Å². The van der Waals surface area contributed by atoms with Gasteiger partial charge in [0.15, 0.2) is 11.5 Å². The minimum atomic E-state index is -0.695. The Morgan fingerprint density at radius 1 is 1.18 bits per heavy atom. The second-order valence-corrected chi connectivity index (χ2v) is 5.50. The number of nitrogens with one attached hydrogen (secondary N) is 1. The Morgan fingerprint density at radius 3 is 2.91 bits per heavy atom. The predicted octanol–water partition coefficient (Wildman–Crippen LogP) is 2.33. The Morgan fingerprint density at radius 2 is 2.00 bits per heavy atom. The van der Waals surface area contributed by atoms with Gasteiger partial charge in [-0.1, -0.05) is 17.3 Å². The lowest BCUT2D eigenvalue weighted by Gasteiger charge is -2.25. The zero-order valence-corrected chi connectivity index (χ0v) is 12.0. The molecule has 1 atom stereocenters. The number of nitrogens with zero attached hydrogens (tertiary/aromatic N) is 1. The van der Waals surface area contributed by atoms with E-state index in [9.17, 15) is 4.79 Å². The molecule has 0 radical (unpaired) electrons. The van der Waals surface area contributed by atoms with E-state index in [2.05, 4.69) is 10.5 Å². The third-order valence-corrected chi connectivity index (χ3v) is 4.00. The summed E-state index contributed by atoms with van der Waals surface area (Å²) >= 11 is 0. The van der Waals surface area contributed by atoms with Gasteiger partial charge in [-0.3, -0.25) is 10.1 Å². The van der Waals surface area contributed by atoms with Gasteiger partial charge in [0, 0.05) is 5.56 Å². The number of carbonyl (C=O) groups is 1. The zero-order chi connectivity index (χ0) is 14.9. The van der Waals surface area contributed by atoms with E-state index in [0.29, 0.717) is 17.4 Å². The zero-order valence-electron chi connectivity index (χ0n) is 12.0. The van der Waals surface area contributed by atoms with Crippen LogP contribution in [0.1, 0.15) is 24.1 Å². The summed E-state index contributed by atoms with van der Waals surface area (Å²) in [6.45, 7) is 0.180. The van der Waals surface area contributed by atoms with Gasteiger partial charge in [-0.25, -0.2) is 0 Å². The molecule has 1 aromatic carbocycles. The molecule has 2 aromatic rings. The van der Waals surface area contributed by atoms with Gasteiger partial charge in [-0.2, -0.15) is 0 Å². The van der Waals surface area contributed by atoms with Crippen molar-refractivity contribution in [1.82, 2.24) is 5.16 Å². The van der Waals surface area contributed by atoms with Crippen molar-refractivity contribution < 1.29 is 18.8 Å². The number of anilines is 1. The van der Waals surface area contributed by atoms with Crippen LogP contribution in [0.15, 0.2) is 28.8 Å². The summed E-state index contributed by atoms with van der Waals surface area (Å²) in [4.78, 5) is 12.4. The molecule has 0 saturated heterocycles. The maximum atomic E-state index is 12.4. The predicted molar refractivity (Wildman–Crippen MR) is 78.1 cm³/mol. The second kappa shape index (κ2) is 5.36. The van der Waals surface area contributed by atoms with Crippen LogP contribution in [0.5, 0.6) is 11.5 Å². The van der Waals surface area contributed by atoms with E-state index in [-0.39, 0.29) is 12.5 Å². The van der Waals surface area contributed by atoms with Crippen LogP contribution < -0.4 is 14.8 Å². The van der Waals surface area contributed by atoms with Crippen LogP contribution in [0, 0.1) is 0 Å². The van der Waals surface area contributed by atoms with Crippen molar-refractivity contribution in [3.63, 3.8) is 0 Å². The fourth-order valence-electron chi connectivity index (χ4n) is 2.83. The fraction of sp³-hybridized carbons (Fsp3) is 0.375. The first kappa shape index (κ1) is 13.2. The molecule has 0 saturated carbocycles. The standard InChI is InChI=1S/C16H16N2O4/c19-15(14-9-20-12-7-3-4-8-13(12)21-14)17-16-10-5-1-2-6-11(10)18-22-16/h3-4,7-8,14H,1-2,5-6,9H2,(H,17,19). The molecule has 0 bridgehead atoms. The van der Waals surface area contributed by atoms with Crippen LogP contribution in [-0.4, -0.2) is 23.8 Å². The first-order valence-corrected chi connectivity index (χ1v) is 7.48. The minimum absolute atomic E-state index is 0.180. The highest BCUT2D eigenvalue weighted by Crippen LogP contribution is 2.32. The van der Waals surface area contributed by atoms with Gasteiger partial charge in [-0.05, 0) is 37.8 Å². The van der Waals surface area contributed by atoms with Crippen molar-refractivity contribution in [3.8, 4) is 11.5 Å². The SMILES string of the molecule is O=C(Nc1onc2c1CCCC2)C1COc2ccccc2O1. The number of amides is 1. The third kappa shape index (κ3) is 2.30. The normalized spacial score (nSPS) is 19.4. The molecule has 0 fully saturated rings. The highest BCUT2D eigenvalue weighted by atomic mass is 16.6. The van der Waals surface area contributed by atoms with Crippen molar-refractivity contribution in [2.24, 2.45) is 0 Å². The second-order valence-electron chi connectivity index (χ2n) is 5.50. The van der Waals surface area contributed by atoms with Crippen LogP contribution in [-0.2, 0) is 17.6 Å². The summed E-state index contributed by atoms with van der Waals surface area (Å²) in [5, 5.41) is 6.81. The quantitative estimate of drug-likeness (QED) is 0.921. The number of benzene rings is 1. The van der Waals surface area contributed by atoms with Gasteiger partial charge in [0.25, 0.3) is 5.91 Å². The number of ether oxygens (including phenoxy) is 2. The van der Waals surface area contributed by atoms with Gasteiger partial charge >= 0.3 is 0 Å². The van der Waals surface area contributed by atoms with E-state index in [4.69, 9.17) is 14.0 Å². The van der Waals surface area contributed by atoms with E-state index in [1.807, 2.05) is 18.2 Å². The Balaban J connectivity index is 1.48. The van der Waals surface area contributed by atoms with Gasteiger partial charge in [0.05, 0.1) is 5.69 Å². The lowest BCUT2D eigenvalue weighted by Crippen LogP contribution is -2.40. The molecular weight excluding hydrogens is 284 g/mol. The lowest BCUT2D eigenvalue weighted by atomic mass is 9.98. The largest absolute Gasteiger partial charge is 0.485 e. The number of para-hydroxylation sites is 2. The van der Waals surface area contributed by atoms with E-state index in [1.165, 1.54) is 0 Å². The van der Waals surface area contributed by atoms with Crippen LogP contribution in [0.4, 0.5) is 5.88 Å². The molecule has 1 aromatic heterocycles. The van der Waals surface area contributed by atoms with Crippen molar-refractivity contribution in [2.75, 3.05) is 11.9 Å². The molecule has 1 unspecified atom stereocenters. The highest BCUT2D eigenvalue weighted by Gasteiger charge is 2.29. The lowest BCUT2D eigenvalue weighted by molar-refractivity contribution is -0.125. The molecule has 1 aliphatic carbocycles. The Hall–Kier alpha value is -2.50. The number of aryl methyl sites for hydroxylation is 1. The molecule has 114 valence electrons. The van der Waals surface area contributed by atoms with E-state index in [1.54, 1.807) is 6.07 Å². The van der Waals surface area contributed by atoms with Crippen LogP contribution >= 0.6 is 0 Å². The fourth-order valence-corrected chi connectivity index (χ4v) is 2.83. The van der Waals surface area contributed by atoms with E-state index >= 15 is 0 Å². The minimum Gasteiger partial charge on any atom is -0.485 e. The Labute approximate surface area is 127 Å². The van der Waals surface area contributed by atoms with Gasteiger partial charge < -0.3 is 14.0 Å². The number of hydrogen-bond donors (Lipinski definition) is 1. The average molecular weight is 300 g/mol. The molecule has 2 aliphatic rings. The number of fused-ring (bicyclic) bond motifs is 2. The molecule has 4 rings (SSSR count). The summed E-state index contributed by atoms with van der Waals surface area (Å²) in [5.41, 5.74) is 1.96. The first-order chi connectivity index (χ1) is 10.8.